The second kappa shape index (κ2) is 4.75. The van der Waals surface area contributed by atoms with Crippen LogP contribution < -0.4 is 5.73 Å². The van der Waals surface area contributed by atoms with Gasteiger partial charge in [-0.1, -0.05) is 11.6 Å². The first-order valence-electron chi connectivity index (χ1n) is 3.95. The first kappa shape index (κ1) is 9.04. The predicted molar refractivity (Wildman–Crippen MR) is 46.6 cm³/mol. The van der Waals surface area contributed by atoms with Crippen molar-refractivity contribution in [2.45, 2.75) is 31.4 Å². The van der Waals surface area contributed by atoms with Gasteiger partial charge in [0.05, 0.1) is 12.7 Å². The monoisotopic (exact) mass is 175 g/mol. The Balaban J connectivity index is 2.08. The van der Waals surface area contributed by atoms with Crippen molar-refractivity contribution >= 4 is 11.6 Å². The van der Waals surface area contributed by atoms with Gasteiger partial charge in [0, 0.05) is 11.6 Å². The zero-order valence-corrected chi connectivity index (χ0v) is 7.26. The van der Waals surface area contributed by atoms with Crippen molar-refractivity contribution in [2.24, 2.45) is 5.73 Å². The molecule has 11 heavy (non-hydrogen) atoms. The Morgan fingerprint density at radius 1 is 1.55 bits per heavy atom. The van der Waals surface area contributed by atoms with E-state index in [1.54, 1.807) is 6.08 Å². The van der Waals surface area contributed by atoms with Crippen molar-refractivity contribution in [1.29, 1.82) is 0 Å². The van der Waals surface area contributed by atoms with Gasteiger partial charge in [0.1, 0.15) is 0 Å². The topological polar surface area (TPSA) is 35.2 Å². The van der Waals surface area contributed by atoms with E-state index in [0.29, 0.717) is 18.8 Å². The SMILES string of the molecule is NC1CCC(OC/C=C/Cl)C1. The highest BCUT2D eigenvalue weighted by Gasteiger charge is 2.21. The summed E-state index contributed by atoms with van der Waals surface area (Å²) in [5.74, 6) is 0. The van der Waals surface area contributed by atoms with E-state index in [-0.39, 0.29) is 0 Å². The molecule has 2 unspecified atom stereocenters. The van der Waals surface area contributed by atoms with Crippen LogP contribution in [-0.4, -0.2) is 18.8 Å². The van der Waals surface area contributed by atoms with E-state index in [1.165, 1.54) is 5.54 Å². The first-order valence-corrected chi connectivity index (χ1v) is 4.39. The molecule has 0 heterocycles. The molecule has 0 radical (unpaired) electrons. The minimum atomic E-state index is 0.347. The van der Waals surface area contributed by atoms with E-state index in [9.17, 15) is 0 Å². The zero-order valence-electron chi connectivity index (χ0n) is 6.50. The van der Waals surface area contributed by atoms with E-state index in [1.807, 2.05) is 0 Å². The molecule has 0 amide bonds. The van der Waals surface area contributed by atoms with Gasteiger partial charge in [-0.2, -0.15) is 0 Å². The van der Waals surface area contributed by atoms with Gasteiger partial charge in [0.25, 0.3) is 0 Å². The molecular formula is C8H14ClNO. The Labute approximate surface area is 72.4 Å². The van der Waals surface area contributed by atoms with Gasteiger partial charge in [-0.3, -0.25) is 0 Å². The van der Waals surface area contributed by atoms with Gasteiger partial charge < -0.3 is 10.5 Å². The van der Waals surface area contributed by atoms with Crippen molar-refractivity contribution in [1.82, 2.24) is 0 Å². The molecule has 1 aliphatic carbocycles. The molecule has 2 N–H and O–H groups in total. The minimum Gasteiger partial charge on any atom is -0.374 e. The molecule has 64 valence electrons. The van der Waals surface area contributed by atoms with Gasteiger partial charge in [-0.05, 0) is 25.3 Å². The van der Waals surface area contributed by atoms with Crippen LogP contribution in [0.4, 0.5) is 0 Å². The van der Waals surface area contributed by atoms with Crippen LogP contribution in [0.15, 0.2) is 11.6 Å². The lowest BCUT2D eigenvalue weighted by atomic mass is 10.3. The van der Waals surface area contributed by atoms with E-state index >= 15 is 0 Å². The zero-order chi connectivity index (χ0) is 8.10. The molecule has 0 bridgehead atoms. The molecule has 1 aliphatic rings. The van der Waals surface area contributed by atoms with Crippen LogP contribution in [0.3, 0.4) is 0 Å². The lowest BCUT2D eigenvalue weighted by Crippen LogP contribution is -2.17. The van der Waals surface area contributed by atoms with Crippen molar-refractivity contribution in [2.75, 3.05) is 6.61 Å². The average Bonchev–Trinajstić information content (AvgIpc) is 2.37. The Kier molecular flexibility index (Phi) is 3.91. The van der Waals surface area contributed by atoms with E-state index in [4.69, 9.17) is 22.1 Å². The van der Waals surface area contributed by atoms with Crippen LogP contribution in [0.2, 0.25) is 0 Å². The van der Waals surface area contributed by atoms with Crippen molar-refractivity contribution in [3.63, 3.8) is 0 Å². The van der Waals surface area contributed by atoms with E-state index in [0.717, 1.165) is 19.3 Å². The summed E-state index contributed by atoms with van der Waals surface area (Å²) in [4.78, 5) is 0. The van der Waals surface area contributed by atoms with Crippen LogP contribution >= 0.6 is 11.6 Å². The van der Waals surface area contributed by atoms with Crippen LogP contribution in [0, 0.1) is 0 Å². The molecule has 0 aromatic rings. The molecular weight excluding hydrogens is 162 g/mol. The van der Waals surface area contributed by atoms with Gasteiger partial charge >= 0.3 is 0 Å². The Morgan fingerprint density at radius 3 is 2.91 bits per heavy atom. The summed E-state index contributed by atoms with van der Waals surface area (Å²) in [6, 6.07) is 0.347. The summed E-state index contributed by atoms with van der Waals surface area (Å²) in [6.45, 7) is 0.612. The van der Waals surface area contributed by atoms with Crippen molar-refractivity contribution in [3.8, 4) is 0 Å². The largest absolute Gasteiger partial charge is 0.374 e. The van der Waals surface area contributed by atoms with E-state index < -0.39 is 0 Å². The molecule has 1 fully saturated rings. The third-order valence-electron chi connectivity index (χ3n) is 1.94. The van der Waals surface area contributed by atoms with Gasteiger partial charge in [0.15, 0.2) is 0 Å². The summed E-state index contributed by atoms with van der Waals surface area (Å²) in [6.07, 6.45) is 5.34. The van der Waals surface area contributed by atoms with Gasteiger partial charge in [-0.25, -0.2) is 0 Å². The van der Waals surface area contributed by atoms with Crippen LogP contribution in [0.1, 0.15) is 19.3 Å². The van der Waals surface area contributed by atoms with Crippen molar-refractivity contribution in [3.05, 3.63) is 11.6 Å². The number of hydrogen-bond donors (Lipinski definition) is 1. The normalized spacial score (nSPS) is 31.8. The lowest BCUT2D eigenvalue weighted by Gasteiger charge is -2.08. The standard InChI is InChI=1S/C8H14ClNO/c9-4-1-5-11-8-3-2-7(10)6-8/h1,4,7-8H,2-3,5-6,10H2/b4-1+. The summed E-state index contributed by atoms with van der Waals surface area (Å²) < 4.78 is 5.46. The Morgan fingerprint density at radius 2 is 2.36 bits per heavy atom. The summed E-state index contributed by atoms with van der Waals surface area (Å²) >= 11 is 5.33. The Hall–Kier alpha value is -0.0500. The number of hydrogen-bond acceptors (Lipinski definition) is 2. The quantitative estimate of drug-likeness (QED) is 0.708. The molecule has 0 aliphatic heterocycles. The predicted octanol–water partition coefficient (Wildman–Crippen LogP) is 1.64. The molecule has 0 saturated heterocycles. The number of ether oxygens (including phenoxy) is 1. The van der Waals surface area contributed by atoms with Crippen LogP contribution in [0.5, 0.6) is 0 Å². The third-order valence-corrected chi connectivity index (χ3v) is 2.12. The van der Waals surface area contributed by atoms with Crippen LogP contribution in [-0.2, 0) is 4.74 Å². The highest BCUT2D eigenvalue weighted by molar-refractivity contribution is 6.25. The summed E-state index contributed by atoms with van der Waals surface area (Å²) in [5, 5.41) is 0. The summed E-state index contributed by atoms with van der Waals surface area (Å²) in [5.41, 5.74) is 7.19. The molecule has 0 aromatic heterocycles. The lowest BCUT2D eigenvalue weighted by molar-refractivity contribution is 0.0791. The highest BCUT2D eigenvalue weighted by Crippen LogP contribution is 2.19. The molecule has 2 atom stereocenters. The first-order chi connectivity index (χ1) is 5.33. The fourth-order valence-corrected chi connectivity index (χ4v) is 1.43. The number of rotatable bonds is 3. The molecule has 3 heteroatoms. The fourth-order valence-electron chi connectivity index (χ4n) is 1.35. The maximum atomic E-state index is 5.71. The number of halogens is 1. The maximum Gasteiger partial charge on any atom is 0.0662 e. The fraction of sp³-hybridized carbons (Fsp3) is 0.750. The molecule has 0 spiro atoms. The summed E-state index contributed by atoms with van der Waals surface area (Å²) in [7, 11) is 0. The van der Waals surface area contributed by atoms with E-state index in [2.05, 4.69) is 0 Å². The van der Waals surface area contributed by atoms with Crippen LogP contribution in [0.25, 0.3) is 0 Å². The van der Waals surface area contributed by atoms with Crippen molar-refractivity contribution < 1.29 is 4.74 Å². The average molecular weight is 176 g/mol. The third kappa shape index (κ3) is 3.23. The second-order valence-electron chi connectivity index (χ2n) is 2.89. The maximum absolute atomic E-state index is 5.71. The minimum absolute atomic E-state index is 0.347. The number of nitrogens with two attached hydrogens (primary N) is 1. The molecule has 0 aromatic carbocycles. The molecule has 1 saturated carbocycles. The molecule has 1 rings (SSSR count). The second-order valence-corrected chi connectivity index (χ2v) is 3.14. The van der Waals surface area contributed by atoms with Gasteiger partial charge in [-0.15, -0.1) is 0 Å². The smallest absolute Gasteiger partial charge is 0.0662 e. The Bertz CT molecular complexity index is 138. The van der Waals surface area contributed by atoms with Gasteiger partial charge in [0.2, 0.25) is 0 Å². The highest BCUT2D eigenvalue weighted by atomic mass is 35.5. The molecule has 2 nitrogen and oxygen atoms in total.